The van der Waals surface area contributed by atoms with E-state index in [1.165, 1.54) is 0 Å². The molecule has 3 aromatic carbocycles. The first-order valence-electron chi connectivity index (χ1n) is 10.7. The minimum absolute atomic E-state index is 0.254. The van der Waals surface area contributed by atoms with Crippen LogP contribution in [-0.4, -0.2) is 35.1 Å². The molecule has 7 nitrogen and oxygen atoms in total. The van der Waals surface area contributed by atoms with Crippen LogP contribution >= 0.6 is 0 Å². The highest BCUT2D eigenvalue weighted by Crippen LogP contribution is 2.41. The fraction of sp³-hybridized carbons (Fsp3) is 0.154. The van der Waals surface area contributed by atoms with Crippen molar-refractivity contribution in [2.24, 2.45) is 0 Å². The van der Waals surface area contributed by atoms with Crippen LogP contribution in [0.1, 0.15) is 38.3 Å². The second kappa shape index (κ2) is 8.02. The van der Waals surface area contributed by atoms with Crippen LogP contribution in [0.15, 0.2) is 78.9 Å². The van der Waals surface area contributed by atoms with Gasteiger partial charge >= 0.3 is 6.03 Å². The number of imide groups is 1. The second-order valence-electron chi connectivity index (χ2n) is 8.20. The molecule has 1 aliphatic carbocycles. The lowest BCUT2D eigenvalue weighted by Crippen LogP contribution is -2.42. The Morgan fingerprint density at radius 1 is 0.879 bits per heavy atom. The summed E-state index contributed by atoms with van der Waals surface area (Å²) in [4.78, 5) is 52.0. The van der Waals surface area contributed by atoms with Gasteiger partial charge < -0.3 is 10.6 Å². The molecule has 7 heteroatoms. The molecule has 3 aromatic rings. The molecule has 164 valence electrons. The Bertz CT molecular complexity index is 1270. The molecule has 0 unspecified atom stereocenters. The first kappa shape index (κ1) is 20.6. The van der Waals surface area contributed by atoms with E-state index in [4.69, 9.17) is 0 Å². The number of carbonyl (C=O) groups excluding carboxylic acids is 4. The van der Waals surface area contributed by atoms with Gasteiger partial charge in [-0.2, -0.15) is 0 Å². The third kappa shape index (κ3) is 3.57. The van der Waals surface area contributed by atoms with E-state index in [-0.39, 0.29) is 18.2 Å². The van der Waals surface area contributed by atoms with Gasteiger partial charge in [0.2, 0.25) is 0 Å². The lowest BCUT2D eigenvalue weighted by atomic mass is 9.92. The van der Waals surface area contributed by atoms with Gasteiger partial charge in [-0.3, -0.25) is 19.3 Å². The van der Waals surface area contributed by atoms with Crippen molar-refractivity contribution >= 4 is 29.3 Å². The number of Topliss-reactive ketones (excluding diaryl/α,β-unsaturated/α-hetero) is 1. The van der Waals surface area contributed by atoms with Crippen LogP contribution in [0.3, 0.4) is 0 Å². The monoisotopic (exact) mass is 439 g/mol. The number of aryl methyl sites for hydroxylation is 1. The number of benzene rings is 3. The summed E-state index contributed by atoms with van der Waals surface area (Å²) in [5.74, 6) is -1.00. The Kier molecular flexibility index (Phi) is 5.01. The zero-order valence-corrected chi connectivity index (χ0v) is 17.7. The van der Waals surface area contributed by atoms with Crippen LogP contribution in [0.2, 0.25) is 0 Å². The topological polar surface area (TPSA) is 95.6 Å². The summed E-state index contributed by atoms with van der Waals surface area (Å²) in [5, 5.41) is 5.60. The molecule has 0 radical (unpaired) electrons. The van der Waals surface area contributed by atoms with Gasteiger partial charge in [0.25, 0.3) is 11.8 Å². The Morgan fingerprint density at radius 3 is 2.33 bits per heavy atom. The number of rotatable bonds is 5. The highest BCUT2D eigenvalue weighted by Gasteiger charge is 2.55. The highest BCUT2D eigenvalue weighted by atomic mass is 16.2. The highest BCUT2D eigenvalue weighted by molar-refractivity contribution is 6.12. The predicted molar refractivity (Wildman–Crippen MR) is 122 cm³/mol. The van der Waals surface area contributed by atoms with Gasteiger partial charge in [-0.25, -0.2) is 4.79 Å². The summed E-state index contributed by atoms with van der Waals surface area (Å²) in [6, 6.07) is 22.2. The molecule has 1 spiro atoms. The van der Waals surface area contributed by atoms with Crippen LogP contribution in [0.5, 0.6) is 0 Å². The quantitative estimate of drug-likeness (QED) is 0.470. The van der Waals surface area contributed by atoms with E-state index < -0.39 is 17.5 Å². The SMILES string of the molecule is O=C(CN1C(=O)N[C@@]2(CCc3ccccc32)C1=O)c1ccc(NC(=O)c2ccccc2)cc1. The fourth-order valence-corrected chi connectivity index (χ4v) is 4.50. The molecule has 1 heterocycles. The van der Waals surface area contributed by atoms with Gasteiger partial charge in [-0.1, -0.05) is 42.5 Å². The molecule has 2 aliphatic rings. The Morgan fingerprint density at radius 2 is 1.58 bits per heavy atom. The number of urea groups is 1. The molecule has 0 aromatic heterocycles. The van der Waals surface area contributed by atoms with Gasteiger partial charge in [-0.05, 0) is 60.4 Å². The molecule has 0 bridgehead atoms. The third-order valence-corrected chi connectivity index (χ3v) is 6.22. The van der Waals surface area contributed by atoms with E-state index in [1.54, 1.807) is 48.5 Å². The number of carbonyl (C=O) groups is 4. The van der Waals surface area contributed by atoms with E-state index in [2.05, 4.69) is 10.6 Å². The second-order valence-corrected chi connectivity index (χ2v) is 8.20. The summed E-state index contributed by atoms with van der Waals surface area (Å²) in [6.07, 6.45) is 1.18. The van der Waals surface area contributed by atoms with Crippen molar-refractivity contribution in [3.8, 4) is 0 Å². The number of hydrogen-bond donors (Lipinski definition) is 2. The summed E-state index contributed by atoms with van der Waals surface area (Å²) in [5.41, 5.74) is 2.17. The zero-order valence-electron chi connectivity index (χ0n) is 17.7. The average molecular weight is 439 g/mol. The molecular weight excluding hydrogens is 418 g/mol. The largest absolute Gasteiger partial charge is 0.325 e. The Labute approximate surface area is 190 Å². The minimum Gasteiger partial charge on any atom is -0.322 e. The number of anilines is 1. The van der Waals surface area contributed by atoms with E-state index >= 15 is 0 Å². The Hall–Kier alpha value is -4.26. The van der Waals surface area contributed by atoms with Crippen molar-refractivity contribution in [2.45, 2.75) is 18.4 Å². The van der Waals surface area contributed by atoms with Crippen molar-refractivity contribution in [1.82, 2.24) is 10.2 Å². The molecule has 33 heavy (non-hydrogen) atoms. The number of nitrogens with zero attached hydrogens (tertiary/aromatic N) is 1. The predicted octanol–water partition coefficient (Wildman–Crippen LogP) is 3.52. The van der Waals surface area contributed by atoms with Crippen molar-refractivity contribution < 1.29 is 19.2 Å². The fourth-order valence-electron chi connectivity index (χ4n) is 4.50. The first-order chi connectivity index (χ1) is 16.0. The van der Waals surface area contributed by atoms with E-state index in [9.17, 15) is 19.2 Å². The molecule has 4 amide bonds. The minimum atomic E-state index is -1.08. The standard InChI is InChI=1S/C26H21N3O4/c30-22(18-10-12-20(13-11-18)27-23(31)19-7-2-1-3-8-19)16-29-24(32)26(28-25(29)33)15-14-17-6-4-5-9-21(17)26/h1-13H,14-16H2,(H,27,31)(H,28,33)/t26-/m1/s1. The van der Waals surface area contributed by atoms with Crippen molar-refractivity contribution in [3.05, 3.63) is 101 Å². The molecule has 1 fully saturated rings. The van der Waals surface area contributed by atoms with Crippen molar-refractivity contribution in [1.29, 1.82) is 0 Å². The molecule has 1 saturated heterocycles. The summed E-state index contributed by atoms with van der Waals surface area (Å²) >= 11 is 0. The normalized spacial score (nSPS) is 18.8. The maximum absolute atomic E-state index is 13.2. The van der Waals surface area contributed by atoms with Gasteiger partial charge in [0.05, 0.1) is 6.54 Å². The molecule has 5 rings (SSSR count). The smallest absolute Gasteiger partial charge is 0.322 e. The maximum Gasteiger partial charge on any atom is 0.325 e. The van der Waals surface area contributed by atoms with Crippen LogP contribution in [0.4, 0.5) is 10.5 Å². The van der Waals surface area contributed by atoms with Crippen LogP contribution in [-0.2, 0) is 16.8 Å². The van der Waals surface area contributed by atoms with Gasteiger partial charge in [0.15, 0.2) is 5.78 Å². The summed E-state index contributed by atoms with van der Waals surface area (Å²) in [7, 11) is 0. The summed E-state index contributed by atoms with van der Waals surface area (Å²) in [6.45, 7) is -0.343. The van der Waals surface area contributed by atoms with Gasteiger partial charge in [-0.15, -0.1) is 0 Å². The first-order valence-corrected chi connectivity index (χ1v) is 10.7. The summed E-state index contributed by atoms with van der Waals surface area (Å²) < 4.78 is 0. The number of ketones is 1. The number of fused-ring (bicyclic) bond motifs is 2. The lowest BCUT2D eigenvalue weighted by Gasteiger charge is -2.22. The van der Waals surface area contributed by atoms with E-state index in [0.717, 1.165) is 16.0 Å². The number of hydrogen-bond acceptors (Lipinski definition) is 4. The van der Waals surface area contributed by atoms with E-state index in [0.29, 0.717) is 29.7 Å². The van der Waals surface area contributed by atoms with Gasteiger partial charge in [0, 0.05) is 16.8 Å². The van der Waals surface area contributed by atoms with Crippen molar-refractivity contribution in [3.63, 3.8) is 0 Å². The number of amides is 4. The maximum atomic E-state index is 13.2. The lowest BCUT2D eigenvalue weighted by molar-refractivity contribution is -0.131. The van der Waals surface area contributed by atoms with Crippen LogP contribution in [0, 0.1) is 0 Å². The molecular formula is C26H21N3O4. The van der Waals surface area contributed by atoms with E-state index in [1.807, 2.05) is 30.3 Å². The molecule has 2 N–H and O–H groups in total. The molecule has 0 saturated carbocycles. The van der Waals surface area contributed by atoms with Gasteiger partial charge in [0.1, 0.15) is 5.54 Å². The van der Waals surface area contributed by atoms with Crippen LogP contribution < -0.4 is 10.6 Å². The van der Waals surface area contributed by atoms with Crippen LogP contribution in [0.25, 0.3) is 0 Å². The van der Waals surface area contributed by atoms with Crippen molar-refractivity contribution in [2.75, 3.05) is 11.9 Å². The molecule has 1 atom stereocenters. The number of nitrogens with one attached hydrogen (secondary N) is 2. The average Bonchev–Trinajstić information content (AvgIpc) is 3.33. The molecule has 1 aliphatic heterocycles. The Balaban J connectivity index is 1.28. The third-order valence-electron chi connectivity index (χ3n) is 6.22. The zero-order chi connectivity index (χ0) is 23.0.